The van der Waals surface area contributed by atoms with E-state index in [2.05, 4.69) is 0 Å². The lowest BCUT2D eigenvalue weighted by molar-refractivity contribution is -0.132. The lowest BCUT2D eigenvalue weighted by Crippen LogP contribution is -2.13. The summed E-state index contributed by atoms with van der Waals surface area (Å²) >= 11 is 0. The number of hydrogen-bond acceptors (Lipinski definition) is 3. The molecule has 2 rings (SSSR count). The topological polar surface area (TPSA) is 35.5 Å². The second-order valence-corrected chi connectivity index (χ2v) is 2.51. The van der Waals surface area contributed by atoms with Gasteiger partial charge in [-0.1, -0.05) is 12.8 Å². The Kier molecular flexibility index (Phi) is 1.02. The van der Waals surface area contributed by atoms with Gasteiger partial charge in [-0.2, -0.15) is 0 Å². The Hall–Kier alpha value is -0.505. The van der Waals surface area contributed by atoms with Crippen molar-refractivity contribution in [2.24, 2.45) is 0 Å². The molecule has 1 heterocycles. The molecule has 0 amide bonds. The first-order chi connectivity index (χ1) is 4.36. The number of carbonyl (C=O) groups is 1. The highest BCUT2D eigenvalue weighted by Gasteiger charge is 2.45. The van der Waals surface area contributed by atoms with E-state index >= 15 is 0 Å². The van der Waals surface area contributed by atoms with E-state index in [1.165, 1.54) is 0 Å². The molecule has 2 aliphatic rings. The van der Waals surface area contributed by atoms with Crippen LogP contribution in [0.2, 0.25) is 5.82 Å². The van der Waals surface area contributed by atoms with Gasteiger partial charge in [0.2, 0.25) is 0 Å². The molecule has 2 fully saturated rings. The summed E-state index contributed by atoms with van der Waals surface area (Å²) in [6, 6.07) is 0. The fourth-order valence-electron chi connectivity index (χ4n) is 0.948. The lowest BCUT2D eigenvalue weighted by atomic mass is 9.83. The summed E-state index contributed by atoms with van der Waals surface area (Å²) in [7, 11) is -0.197. The van der Waals surface area contributed by atoms with Gasteiger partial charge in [0.1, 0.15) is 6.61 Å². The molecule has 0 aromatic rings. The quantitative estimate of drug-likeness (QED) is 0.471. The van der Waals surface area contributed by atoms with Gasteiger partial charge in [-0.05, 0) is 0 Å². The number of rotatable bonds is 1. The van der Waals surface area contributed by atoms with E-state index in [1.807, 2.05) is 0 Å². The molecule has 0 atom stereocenters. The van der Waals surface area contributed by atoms with Crippen LogP contribution in [0.25, 0.3) is 0 Å². The van der Waals surface area contributed by atoms with Gasteiger partial charge < -0.3 is 9.31 Å². The maximum Gasteiger partial charge on any atom is 0.531 e. The maximum absolute atomic E-state index is 10.4. The second kappa shape index (κ2) is 1.74. The van der Waals surface area contributed by atoms with E-state index in [0.717, 1.165) is 12.8 Å². The van der Waals surface area contributed by atoms with Crippen LogP contribution in [-0.2, 0) is 14.1 Å². The molecule has 1 saturated heterocycles. The molecule has 1 aliphatic carbocycles. The van der Waals surface area contributed by atoms with Crippen LogP contribution in [0.3, 0.4) is 0 Å². The van der Waals surface area contributed by atoms with Gasteiger partial charge in [-0.15, -0.1) is 0 Å². The first-order valence-electron chi connectivity index (χ1n) is 3.17. The Morgan fingerprint density at radius 1 is 1.56 bits per heavy atom. The van der Waals surface area contributed by atoms with Crippen LogP contribution >= 0.6 is 0 Å². The van der Waals surface area contributed by atoms with Gasteiger partial charge in [0.25, 0.3) is 0 Å². The average Bonchev–Trinajstić information content (AvgIpc) is 2.58. The SMILES string of the molecule is O=C1COB(C2CC2)O1. The molecular formula is C5H7BO3. The molecule has 3 nitrogen and oxygen atoms in total. The first-order valence-corrected chi connectivity index (χ1v) is 3.17. The van der Waals surface area contributed by atoms with Crippen LogP contribution in [-0.4, -0.2) is 19.7 Å². The summed E-state index contributed by atoms with van der Waals surface area (Å²) < 4.78 is 9.84. The number of hydrogen-bond donors (Lipinski definition) is 0. The van der Waals surface area contributed by atoms with Crippen molar-refractivity contribution in [3.05, 3.63) is 0 Å². The molecule has 0 aromatic carbocycles. The van der Waals surface area contributed by atoms with E-state index in [4.69, 9.17) is 9.31 Å². The van der Waals surface area contributed by atoms with Gasteiger partial charge in [-0.25, -0.2) is 0 Å². The van der Waals surface area contributed by atoms with E-state index in [0.29, 0.717) is 5.82 Å². The highest BCUT2D eigenvalue weighted by atomic mass is 16.7. The smallest absolute Gasteiger partial charge is 0.508 e. The molecule has 4 heteroatoms. The molecule has 0 aromatic heterocycles. The molecule has 1 aliphatic heterocycles. The largest absolute Gasteiger partial charge is 0.531 e. The minimum Gasteiger partial charge on any atom is -0.508 e. The highest BCUT2D eigenvalue weighted by molar-refractivity contribution is 6.51. The van der Waals surface area contributed by atoms with Crippen molar-refractivity contribution in [3.8, 4) is 0 Å². The molecule has 9 heavy (non-hydrogen) atoms. The molecule has 1 saturated carbocycles. The van der Waals surface area contributed by atoms with Crippen LogP contribution < -0.4 is 0 Å². The summed E-state index contributed by atoms with van der Waals surface area (Å²) in [5.74, 6) is 0.295. The predicted molar refractivity (Wildman–Crippen MR) is 30.8 cm³/mol. The Labute approximate surface area is 53.5 Å². The van der Waals surface area contributed by atoms with Crippen LogP contribution in [0.1, 0.15) is 12.8 Å². The normalized spacial score (nSPS) is 26.7. The average molecular weight is 126 g/mol. The van der Waals surface area contributed by atoms with Gasteiger partial charge >= 0.3 is 13.1 Å². The Bertz CT molecular complexity index is 143. The van der Waals surface area contributed by atoms with Gasteiger partial charge in [-0.3, -0.25) is 4.79 Å². The van der Waals surface area contributed by atoms with Crippen molar-refractivity contribution in [1.29, 1.82) is 0 Å². The third kappa shape index (κ3) is 0.943. The fraction of sp³-hybridized carbons (Fsp3) is 0.800. The molecule has 0 radical (unpaired) electrons. The van der Waals surface area contributed by atoms with E-state index < -0.39 is 0 Å². The molecular weight excluding hydrogens is 119 g/mol. The third-order valence-electron chi connectivity index (χ3n) is 1.62. The molecule has 0 spiro atoms. The van der Waals surface area contributed by atoms with Gasteiger partial charge in [0.05, 0.1) is 0 Å². The van der Waals surface area contributed by atoms with Crippen LogP contribution in [0.4, 0.5) is 0 Å². The van der Waals surface area contributed by atoms with E-state index in [1.54, 1.807) is 0 Å². The first kappa shape index (κ1) is 5.29. The fourth-order valence-corrected chi connectivity index (χ4v) is 0.948. The monoisotopic (exact) mass is 126 g/mol. The van der Waals surface area contributed by atoms with Crippen molar-refractivity contribution >= 4 is 13.1 Å². The Morgan fingerprint density at radius 2 is 2.33 bits per heavy atom. The minimum absolute atomic E-state index is 0.154. The predicted octanol–water partition coefficient (Wildman–Crippen LogP) is 0.212. The van der Waals surface area contributed by atoms with Crippen LogP contribution in [0.5, 0.6) is 0 Å². The second-order valence-electron chi connectivity index (χ2n) is 2.51. The molecule has 48 valence electrons. The third-order valence-corrected chi connectivity index (χ3v) is 1.62. The summed E-state index contributed by atoms with van der Waals surface area (Å²) in [6.45, 7) is 0.154. The summed E-state index contributed by atoms with van der Waals surface area (Å²) in [4.78, 5) is 10.4. The summed E-state index contributed by atoms with van der Waals surface area (Å²) in [6.07, 6.45) is 2.30. The van der Waals surface area contributed by atoms with Crippen molar-refractivity contribution in [1.82, 2.24) is 0 Å². The summed E-state index contributed by atoms with van der Waals surface area (Å²) in [5.41, 5.74) is 0. The molecule has 0 bridgehead atoms. The van der Waals surface area contributed by atoms with Crippen molar-refractivity contribution in [2.45, 2.75) is 18.7 Å². The summed E-state index contributed by atoms with van der Waals surface area (Å²) in [5, 5.41) is 0. The molecule has 0 N–H and O–H groups in total. The molecule has 0 unspecified atom stereocenters. The van der Waals surface area contributed by atoms with Gasteiger partial charge in [0.15, 0.2) is 0 Å². The zero-order valence-corrected chi connectivity index (χ0v) is 5.00. The van der Waals surface area contributed by atoms with E-state index in [-0.39, 0.29) is 19.7 Å². The standard InChI is InChI=1S/C5H7BO3/c7-5-3-8-6(9-5)4-1-2-4/h4H,1-3H2. The van der Waals surface area contributed by atoms with Crippen molar-refractivity contribution < 1.29 is 14.1 Å². The van der Waals surface area contributed by atoms with Gasteiger partial charge in [0, 0.05) is 5.82 Å². The number of carbonyl (C=O) groups excluding carboxylic acids is 1. The van der Waals surface area contributed by atoms with Crippen LogP contribution in [0, 0.1) is 0 Å². The Balaban J connectivity index is 1.92. The van der Waals surface area contributed by atoms with Crippen molar-refractivity contribution in [3.63, 3.8) is 0 Å². The zero-order chi connectivity index (χ0) is 6.27. The lowest BCUT2D eigenvalue weighted by Gasteiger charge is -1.96. The maximum atomic E-state index is 10.4. The van der Waals surface area contributed by atoms with E-state index in [9.17, 15) is 4.79 Å². The van der Waals surface area contributed by atoms with Crippen molar-refractivity contribution in [2.75, 3.05) is 6.61 Å². The van der Waals surface area contributed by atoms with Crippen LogP contribution in [0.15, 0.2) is 0 Å². The zero-order valence-electron chi connectivity index (χ0n) is 5.00. The highest BCUT2D eigenvalue weighted by Crippen LogP contribution is 2.40. The Morgan fingerprint density at radius 3 is 2.78 bits per heavy atom. The minimum atomic E-state index is -0.216.